The molecule has 0 bridgehead atoms. The molecule has 0 aliphatic heterocycles. The van der Waals surface area contributed by atoms with Gasteiger partial charge in [0, 0.05) is 0 Å². The van der Waals surface area contributed by atoms with Gasteiger partial charge in [0.2, 0.25) is 0 Å². The molecule has 0 spiro atoms. The minimum Gasteiger partial charge on any atom is -0.481 e. The summed E-state index contributed by atoms with van der Waals surface area (Å²) in [5, 5.41) is 67.6. The Morgan fingerprint density at radius 2 is 0.645 bits per heavy atom. The van der Waals surface area contributed by atoms with E-state index in [1.165, 1.54) is 0 Å². The predicted octanol–water partition coefficient (Wildman–Crippen LogP) is -3.15. The molecule has 0 atom stereocenters. The molecule has 0 aliphatic carbocycles. The van der Waals surface area contributed by atoms with Crippen molar-refractivity contribution in [2.24, 2.45) is 0 Å². The fourth-order valence-electron chi connectivity index (χ4n) is 1.43. The fourth-order valence-corrected chi connectivity index (χ4v) is 1.43. The van der Waals surface area contributed by atoms with Gasteiger partial charge in [-0.05, 0) is 0 Å². The molecule has 180 valence electrons. The van der Waals surface area contributed by atoms with Crippen molar-refractivity contribution in [3.63, 3.8) is 0 Å². The number of carbonyl (C=O) groups is 6. The largest absolute Gasteiger partial charge is 0.481 e. The second-order valence-electron chi connectivity index (χ2n) is 5.40. The van der Waals surface area contributed by atoms with Crippen molar-refractivity contribution in [3.8, 4) is 0 Å². The van der Waals surface area contributed by atoms with E-state index in [-0.39, 0.29) is 0 Å². The van der Waals surface area contributed by atoms with E-state index in [9.17, 15) is 28.8 Å². The summed E-state index contributed by atoms with van der Waals surface area (Å²) in [6, 6.07) is 0. The van der Waals surface area contributed by atoms with E-state index in [2.05, 4.69) is 0 Å². The Morgan fingerprint density at radius 3 is 0.710 bits per heavy atom. The van der Waals surface area contributed by atoms with Crippen LogP contribution in [0.1, 0.15) is 25.7 Å². The van der Waals surface area contributed by atoms with Crippen LogP contribution in [-0.4, -0.2) is 105 Å². The van der Waals surface area contributed by atoms with Crippen LogP contribution < -0.4 is 0 Å². The number of carboxylic acids is 6. The van der Waals surface area contributed by atoms with Crippen molar-refractivity contribution in [2.45, 2.75) is 36.9 Å². The zero-order chi connectivity index (χ0) is 25.8. The van der Waals surface area contributed by atoms with Gasteiger partial charge in [0.25, 0.3) is 0 Å². The van der Waals surface area contributed by atoms with E-state index in [0.29, 0.717) is 0 Å². The maximum atomic E-state index is 10.3. The van der Waals surface area contributed by atoms with Crippen molar-refractivity contribution in [2.75, 3.05) is 0 Å². The Morgan fingerprint density at radius 1 is 0.516 bits per heavy atom. The number of rotatable bonds is 10. The third-order valence-corrected chi connectivity index (χ3v) is 2.57. The lowest BCUT2D eigenvalue weighted by Gasteiger charge is -2.18. The van der Waals surface area contributed by atoms with Crippen molar-refractivity contribution < 1.29 is 87.1 Å². The summed E-state index contributed by atoms with van der Waals surface area (Å²) in [4.78, 5) is 61.0. The first-order valence-corrected chi connectivity index (χ1v) is 8.44. The average Bonchev–Trinajstić information content (AvgIpc) is 2.41. The molecule has 0 aliphatic rings. The van der Waals surface area contributed by atoms with Gasteiger partial charge in [-0.2, -0.15) is 8.42 Å². The summed E-state index contributed by atoms with van der Waals surface area (Å²) in [6.45, 7) is 0. The topological polar surface area (TPSA) is 339 Å². The van der Waals surface area contributed by atoms with Crippen LogP contribution in [0.2, 0.25) is 0 Å². The normalized spacial score (nSPS) is 11.0. The molecule has 19 heteroatoms. The quantitative estimate of drug-likeness (QED) is 0.137. The van der Waals surface area contributed by atoms with Crippen LogP contribution in [0.3, 0.4) is 0 Å². The molecule has 0 aromatic rings. The van der Waals surface area contributed by atoms with E-state index in [1.807, 2.05) is 0 Å². The third-order valence-electron chi connectivity index (χ3n) is 2.57. The molecule has 0 heterocycles. The highest BCUT2D eigenvalue weighted by Crippen LogP contribution is 2.16. The molecule has 0 aromatic carbocycles. The van der Waals surface area contributed by atoms with Crippen LogP contribution in [-0.2, 0) is 39.2 Å². The predicted molar refractivity (Wildman–Crippen MR) is 88.4 cm³/mol. The lowest BCUT2D eigenvalue weighted by atomic mass is 9.96. The van der Waals surface area contributed by atoms with Gasteiger partial charge in [0.15, 0.2) is 11.2 Å². The van der Waals surface area contributed by atoms with Crippen LogP contribution in [0.5, 0.6) is 0 Å². The van der Waals surface area contributed by atoms with Gasteiger partial charge in [0.05, 0.1) is 25.7 Å². The number of hydrogen-bond donors (Lipinski definition) is 10. The first-order valence-electron chi connectivity index (χ1n) is 7.04. The molecule has 0 radical (unpaired) electrons. The highest BCUT2D eigenvalue weighted by Gasteiger charge is 2.41. The Bertz CT molecular complexity index is 702. The number of hydrogen-bond acceptors (Lipinski definition) is 10. The van der Waals surface area contributed by atoms with Gasteiger partial charge in [-0.1, -0.05) is 0 Å². The maximum Gasteiger partial charge on any atom is 0.394 e. The molecule has 10 N–H and O–H groups in total. The van der Waals surface area contributed by atoms with E-state index < -0.39 is 83.1 Å². The molecule has 0 aromatic heterocycles. The number of carboxylic acid groups (broad SMARTS) is 6. The molecule has 0 rings (SSSR count). The Kier molecular flexibility index (Phi) is 13.6. The molecular formula is C12H18O18S. The van der Waals surface area contributed by atoms with Gasteiger partial charge in [-0.3, -0.25) is 28.3 Å². The molecule has 0 saturated carbocycles. The van der Waals surface area contributed by atoms with E-state index in [4.69, 9.17) is 58.4 Å². The van der Waals surface area contributed by atoms with Gasteiger partial charge in [-0.25, -0.2) is 9.59 Å². The number of aliphatic carboxylic acids is 6. The van der Waals surface area contributed by atoms with Crippen LogP contribution in [0.25, 0.3) is 0 Å². The molecule has 0 saturated heterocycles. The Labute approximate surface area is 171 Å². The zero-order valence-electron chi connectivity index (χ0n) is 15.0. The SMILES string of the molecule is O=C(O)CC(O)(CC(=O)O)C(=O)O.O=C(O)CC(O)(CC(=O)O)C(=O)O.O=S(=O)(O)O. The summed E-state index contributed by atoms with van der Waals surface area (Å²) >= 11 is 0. The maximum absolute atomic E-state index is 10.3. The first kappa shape index (κ1) is 32.3. The van der Waals surface area contributed by atoms with Crippen LogP contribution in [0.4, 0.5) is 0 Å². The highest BCUT2D eigenvalue weighted by molar-refractivity contribution is 7.79. The van der Waals surface area contributed by atoms with Crippen molar-refractivity contribution in [3.05, 3.63) is 0 Å². The third kappa shape index (κ3) is 19.7. The number of aliphatic hydroxyl groups is 2. The summed E-state index contributed by atoms with van der Waals surface area (Å²) < 4.78 is 31.6. The summed E-state index contributed by atoms with van der Waals surface area (Å²) in [7, 11) is -4.67. The molecule has 0 fully saturated rings. The molecular weight excluding hydrogens is 464 g/mol. The van der Waals surface area contributed by atoms with E-state index in [0.717, 1.165) is 0 Å². The van der Waals surface area contributed by atoms with E-state index >= 15 is 0 Å². The fraction of sp³-hybridized carbons (Fsp3) is 0.500. The lowest BCUT2D eigenvalue weighted by molar-refractivity contribution is -0.170. The summed E-state index contributed by atoms with van der Waals surface area (Å²) in [6.07, 6.45) is -4.58. The van der Waals surface area contributed by atoms with Crippen molar-refractivity contribution in [1.29, 1.82) is 0 Å². The van der Waals surface area contributed by atoms with Crippen LogP contribution in [0.15, 0.2) is 0 Å². The molecule has 31 heavy (non-hydrogen) atoms. The van der Waals surface area contributed by atoms with Crippen molar-refractivity contribution in [1.82, 2.24) is 0 Å². The Balaban J connectivity index is -0.000000416. The molecule has 0 unspecified atom stereocenters. The molecule has 18 nitrogen and oxygen atoms in total. The summed E-state index contributed by atoms with van der Waals surface area (Å²) in [5.74, 6) is -10.0. The highest BCUT2D eigenvalue weighted by atomic mass is 32.3. The minimum absolute atomic E-state index is 1.14. The van der Waals surface area contributed by atoms with Gasteiger partial charge in [0.1, 0.15) is 0 Å². The first-order chi connectivity index (χ1) is 13.6. The average molecular weight is 482 g/mol. The van der Waals surface area contributed by atoms with Gasteiger partial charge in [-0.15, -0.1) is 0 Å². The van der Waals surface area contributed by atoms with Gasteiger partial charge >= 0.3 is 46.2 Å². The minimum atomic E-state index is -4.67. The zero-order valence-corrected chi connectivity index (χ0v) is 15.8. The second-order valence-corrected chi connectivity index (χ2v) is 6.30. The van der Waals surface area contributed by atoms with Gasteiger partial charge < -0.3 is 40.9 Å². The monoisotopic (exact) mass is 482 g/mol. The lowest BCUT2D eigenvalue weighted by Crippen LogP contribution is -2.42. The standard InChI is InChI=1S/2C6H8O7.H2O4S/c2*7-3(8)1-6(13,5(11)12)2-4(9)10;1-5(2,3)4/h2*13H,1-2H2,(H,7,8)(H,9,10)(H,11,12);(H2,1,2,3,4). The molecule has 0 amide bonds. The van der Waals surface area contributed by atoms with Crippen LogP contribution in [0, 0.1) is 0 Å². The second kappa shape index (κ2) is 13.0. The summed E-state index contributed by atoms with van der Waals surface area (Å²) in [5.41, 5.74) is -5.48. The van der Waals surface area contributed by atoms with Crippen LogP contribution >= 0.6 is 0 Å². The Hall–Kier alpha value is -3.39. The van der Waals surface area contributed by atoms with E-state index in [1.54, 1.807) is 0 Å². The van der Waals surface area contributed by atoms with Crippen molar-refractivity contribution >= 4 is 46.2 Å². The smallest absolute Gasteiger partial charge is 0.394 e.